The zero-order valence-corrected chi connectivity index (χ0v) is 7.39. The summed E-state index contributed by atoms with van der Waals surface area (Å²) >= 11 is 0. The van der Waals surface area contributed by atoms with Crippen LogP contribution in [0.1, 0.15) is 19.5 Å². The third-order valence-corrected chi connectivity index (χ3v) is 2.02. The van der Waals surface area contributed by atoms with Crippen LogP contribution in [0.5, 0.6) is 0 Å². The van der Waals surface area contributed by atoms with Crippen molar-refractivity contribution < 1.29 is 19.5 Å². The topological polar surface area (TPSA) is 83.6 Å². The average molecular weight is 185 g/mol. The van der Waals surface area contributed by atoms with E-state index in [1.165, 1.54) is 12.3 Å². The van der Waals surface area contributed by atoms with E-state index in [0.29, 0.717) is 5.69 Å². The number of aliphatic carboxylic acids is 1. The first kappa shape index (κ1) is 9.73. The van der Waals surface area contributed by atoms with Crippen LogP contribution in [0.25, 0.3) is 0 Å². The number of hydrogen-bond acceptors (Lipinski definition) is 4. The smallest absolute Gasteiger partial charge is 0.333 e. The molecule has 5 nitrogen and oxygen atoms in total. The lowest BCUT2D eigenvalue weighted by Crippen LogP contribution is -2.40. The lowest BCUT2D eigenvalue weighted by Gasteiger charge is -2.24. The number of aliphatic hydroxyl groups excluding tert-OH is 1. The van der Waals surface area contributed by atoms with E-state index in [1.807, 2.05) is 0 Å². The van der Waals surface area contributed by atoms with Gasteiger partial charge in [-0.25, -0.2) is 4.79 Å². The molecule has 0 radical (unpaired) electrons. The molecule has 1 unspecified atom stereocenters. The van der Waals surface area contributed by atoms with Gasteiger partial charge in [-0.05, 0) is 0 Å². The molecule has 0 saturated carbocycles. The molecule has 0 aliphatic heterocycles. The Kier molecular flexibility index (Phi) is 2.38. The van der Waals surface area contributed by atoms with Crippen LogP contribution in [0.4, 0.5) is 0 Å². The normalized spacial score (nSPS) is 14.1. The molecule has 0 fully saturated rings. The van der Waals surface area contributed by atoms with Crippen molar-refractivity contribution in [2.45, 2.75) is 25.4 Å². The largest absolute Gasteiger partial charge is 0.479 e. The molecule has 2 N–H and O–H groups in total. The van der Waals surface area contributed by atoms with E-state index >= 15 is 0 Å². The van der Waals surface area contributed by atoms with Crippen molar-refractivity contribution in [2.24, 2.45) is 0 Å². The van der Waals surface area contributed by atoms with Crippen molar-refractivity contribution in [1.29, 1.82) is 0 Å². The molecule has 1 heterocycles. The minimum Gasteiger partial charge on any atom is -0.479 e. The number of hydrogen-bond donors (Lipinski definition) is 2. The highest BCUT2D eigenvalue weighted by Crippen LogP contribution is 2.25. The van der Waals surface area contributed by atoms with Crippen LogP contribution >= 0.6 is 0 Å². The Morgan fingerprint density at radius 3 is 2.69 bits per heavy atom. The van der Waals surface area contributed by atoms with Crippen LogP contribution in [0.2, 0.25) is 0 Å². The van der Waals surface area contributed by atoms with Gasteiger partial charge in [0.15, 0.2) is 6.10 Å². The highest BCUT2D eigenvalue weighted by Gasteiger charge is 2.37. The lowest BCUT2D eigenvalue weighted by molar-refractivity contribution is -0.150. The van der Waals surface area contributed by atoms with Gasteiger partial charge in [-0.1, -0.05) is 19.0 Å². The Morgan fingerprint density at radius 2 is 2.31 bits per heavy atom. The molecule has 1 rings (SSSR count). The first-order chi connectivity index (χ1) is 5.96. The molecule has 1 atom stereocenters. The molecule has 0 aliphatic carbocycles. The summed E-state index contributed by atoms with van der Waals surface area (Å²) < 4.78 is 4.58. The first-order valence-corrected chi connectivity index (χ1v) is 3.78. The number of aromatic nitrogens is 1. The second-order valence-electron chi connectivity index (χ2n) is 3.35. The molecule has 0 aliphatic rings. The summed E-state index contributed by atoms with van der Waals surface area (Å²) in [5.41, 5.74) is -0.527. The SMILES string of the molecule is CC(C)(c1ccon1)C(O)C(=O)O. The molecular weight excluding hydrogens is 174 g/mol. The standard InChI is InChI=1S/C8H11NO4/c1-8(2,6(10)7(11)12)5-3-4-13-9-5/h3-4,6,10H,1-2H3,(H,11,12). The van der Waals surface area contributed by atoms with E-state index in [1.54, 1.807) is 13.8 Å². The molecular formula is C8H11NO4. The third-order valence-electron chi connectivity index (χ3n) is 2.02. The van der Waals surface area contributed by atoms with Gasteiger partial charge in [-0.3, -0.25) is 0 Å². The van der Waals surface area contributed by atoms with Gasteiger partial charge in [0.05, 0.1) is 5.69 Å². The van der Waals surface area contributed by atoms with Crippen LogP contribution in [0.3, 0.4) is 0 Å². The van der Waals surface area contributed by atoms with Gasteiger partial charge in [-0.2, -0.15) is 0 Å². The van der Waals surface area contributed by atoms with Crippen molar-refractivity contribution in [2.75, 3.05) is 0 Å². The van der Waals surface area contributed by atoms with Gasteiger partial charge in [-0.15, -0.1) is 0 Å². The second-order valence-corrected chi connectivity index (χ2v) is 3.35. The molecule has 0 saturated heterocycles. The predicted molar refractivity (Wildman–Crippen MR) is 43.2 cm³/mol. The number of carboxylic acid groups (broad SMARTS) is 1. The zero-order valence-electron chi connectivity index (χ0n) is 7.39. The van der Waals surface area contributed by atoms with Gasteiger partial charge in [0.25, 0.3) is 0 Å². The maximum absolute atomic E-state index is 10.5. The maximum atomic E-state index is 10.5. The van der Waals surface area contributed by atoms with Gasteiger partial charge >= 0.3 is 5.97 Å². The number of aliphatic hydroxyl groups is 1. The minimum absolute atomic E-state index is 0.419. The van der Waals surface area contributed by atoms with Crippen LogP contribution in [0.15, 0.2) is 16.9 Å². The quantitative estimate of drug-likeness (QED) is 0.712. The van der Waals surface area contributed by atoms with Gasteiger partial charge < -0.3 is 14.7 Å². The number of carboxylic acids is 1. The van der Waals surface area contributed by atoms with Gasteiger partial charge in [0.2, 0.25) is 0 Å². The summed E-state index contributed by atoms with van der Waals surface area (Å²) in [4.78, 5) is 10.5. The van der Waals surface area contributed by atoms with Crippen LogP contribution in [-0.4, -0.2) is 27.4 Å². The van der Waals surface area contributed by atoms with Crippen molar-refractivity contribution >= 4 is 5.97 Å². The molecule has 0 bridgehead atoms. The van der Waals surface area contributed by atoms with Gasteiger partial charge in [0.1, 0.15) is 6.26 Å². The van der Waals surface area contributed by atoms with Crippen LogP contribution in [-0.2, 0) is 10.2 Å². The summed E-state index contributed by atoms with van der Waals surface area (Å²) in [5, 5.41) is 21.5. The third kappa shape index (κ3) is 1.70. The summed E-state index contributed by atoms with van der Waals surface area (Å²) in [7, 11) is 0. The van der Waals surface area contributed by atoms with Crippen LogP contribution < -0.4 is 0 Å². The molecule has 0 aromatic carbocycles. The Morgan fingerprint density at radius 1 is 1.69 bits per heavy atom. The fourth-order valence-corrected chi connectivity index (χ4v) is 0.994. The fraction of sp³-hybridized carbons (Fsp3) is 0.500. The Labute approximate surface area is 75.0 Å². The van der Waals surface area contributed by atoms with Crippen molar-refractivity contribution in [1.82, 2.24) is 5.16 Å². The van der Waals surface area contributed by atoms with Crippen LogP contribution in [0, 0.1) is 0 Å². The summed E-state index contributed by atoms with van der Waals surface area (Å²) in [6, 6.07) is 1.53. The van der Waals surface area contributed by atoms with E-state index in [9.17, 15) is 9.90 Å². The number of nitrogens with zero attached hydrogens (tertiary/aromatic N) is 1. The Hall–Kier alpha value is -1.36. The highest BCUT2D eigenvalue weighted by molar-refractivity contribution is 5.74. The second kappa shape index (κ2) is 3.18. The van der Waals surface area contributed by atoms with Crippen molar-refractivity contribution in [3.63, 3.8) is 0 Å². The van der Waals surface area contributed by atoms with Crippen molar-refractivity contribution in [3.8, 4) is 0 Å². The van der Waals surface area contributed by atoms with E-state index in [2.05, 4.69) is 9.68 Å². The Bertz CT molecular complexity index is 291. The number of carbonyl (C=O) groups is 1. The first-order valence-electron chi connectivity index (χ1n) is 3.78. The molecule has 5 heteroatoms. The minimum atomic E-state index is -1.49. The van der Waals surface area contributed by atoms with Gasteiger partial charge in [0, 0.05) is 11.5 Å². The number of rotatable bonds is 3. The van der Waals surface area contributed by atoms with E-state index in [4.69, 9.17) is 5.11 Å². The summed E-state index contributed by atoms with van der Waals surface area (Å²) in [6.45, 7) is 3.17. The zero-order chi connectivity index (χ0) is 10.1. The Balaban J connectivity index is 2.95. The van der Waals surface area contributed by atoms with Crippen molar-refractivity contribution in [3.05, 3.63) is 18.0 Å². The lowest BCUT2D eigenvalue weighted by atomic mass is 9.83. The summed E-state index contributed by atoms with van der Waals surface area (Å²) in [6.07, 6.45) is -0.149. The fourth-order valence-electron chi connectivity index (χ4n) is 0.994. The summed E-state index contributed by atoms with van der Waals surface area (Å²) in [5.74, 6) is -1.27. The van der Waals surface area contributed by atoms with E-state index < -0.39 is 17.5 Å². The van der Waals surface area contributed by atoms with E-state index in [-0.39, 0.29) is 0 Å². The average Bonchev–Trinajstić information content (AvgIpc) is 2.54. The highest BCUT2D eigenvalue weighted by atomic mass is 16.5. The molecule has 13 heavy (non-hydrogen) atoms. The molecule has 0 amide bonds. The monoisotopic (exact) mass is 185 g/mol. The molecule has 0 spiro atoms. The molecule has 1 aromatic heterocycles. The predicted octanol–water partition coefficient (Wildman–Crippen LogP) is 0.398. The maximum Gasteiger partial charge on any atom is 0.333 e. The molecule has 1 aromatic rings. The van der Waals surface area contributed by atoms with E-state index in [0.717, 1.165) is 0 Å². The molecule has 72 valence electrons.